The number of pyridine rings is 1. The summed E-state index contributed by atoms with van der Waals surface area (Å²) in [6.45, 7) is 6.92. The predicted molar refractivity (Wildman–Crippen MR) is 97.0 cm³/mol. The van der Waals surface area contributed by atoms with Crippen molar-refractivity contribution in [2.45, 2.75) is 32.2 Å². The largest absolute Gasteiger partial charge is 0.256 e. The first-order valence-corrected chi connectivity index (χ1v) is 8.43. The Morgan fingerprint density at radius 2 is 1.68 bits per heavy atom. The van der Waals surface area contributed by atoms with E-state index in [4.69, 9.17) is 0 Å². The molecule has 0 spiro atoms. The molecule has 0 aliphatic carbocycles. The second kappa shape index (κ2) is 8.57. The molecule has 0 saturated carbocycles. The van der Waals surface area contributed by atoms with E-state index in [1.54, 1.807) is 11.9 Å². The van der Waals surface area contributed by atoms with E-state index in [1.807, 2.05) is 32.2 Å². The fraction of sp³-hybridized carbons (Fsp3) is 0.211. The zero-order valence-electron chi connectivity index (χ0n) is 13.3. The molecule has 1 N–H and O–H groups in total. The summed E-state index contributed by atoms with van der Waals surface area (Å²) in [5.74, 6) is 0. The molecule has 3 rings (SSSR count). The molecule has 2 aromatic carbocycles. The van der Waals surface area contributed by atoms with Gasteiger partial charge in [-0.25, -0.2) is 0 Å². The Labute approximate surface area is 137 Å². The van der Waals surface area contributed by atoms with Crippen LogP contribution in [0.3, 0.4) is 0 Å². The molecule has 114 valence electrons. The van der Waals surface area contributed by atoms with Crippen LogP contribution in [0.1, 0.15) is 25.0 Å². The highest BCUT2D eigenvalue weighted by Crippen LogP contribution is 2.19. The highest BCUT2D eigenvalue weighted by molar-refractivity contribution is 7.97. The van der Waals surface area contributed by atoms with Crippen LogP contribution >= 0.6 is 11.9 Å². The van der Waals surface area contributed by atoms with Crippen LogP contribution in [0.15, 0.2) is 65.7 Å². The van der Waals surface area contributed by atoms with Gasteiger partial charge in [-0.05, 0) is 48.7 Å². The third-order valence-corrected chi connectivity index (χ3v) is 4.01. The molecular formula is C19H22N2S. The number of nitrogens with zero attached hydrogens (tertiary/aromatic N) is 1. The molecule has 0 amide bonds. The van der Waals surface area contributed by atoms with E-state index < -0.39 is 0 Å². The van der Waals surface area contributed by atoms with E-state index in [1.165, 1.54) is 21.4 Å². The number of para-hydroxylation sites is 1. The zero-order valence-corrected chi connectivity index (χ0v) is 14.2. The molecule has 0 aliphatic rings. The third kappa shape index (κ3) is 4.33. The number of hydrogen-bond donors (Lipinski definition) is 1. The highest BCUT2D eigenvalue weighted by atomic mass is 32.2. The van der Waals surface area contributed by atoms with E-state index in [0.717, 1.165) is 12.1 Å². The van der Waals surface area contributed by atoms with Gasteiger partial charge >= 0.3 is 0 Å². The van der Waals surface area contributed by atoms with Crippen LogP contribution in [0.25, 0.3) is 10.9 Å². The van der Waals surface area contributed by atoms with Crippen molar-refractivity contribution in [2.24, 2.45) is 0 Å². The summed E-state index contributed by atoms with van der Waals surface area (Å²) in [7, 11) is 0. The number of benzene rings is 2. The Morgan fingerprint density at radius 1 is 0.955 bits per heavy atom. The number of aryl methyl sites for hydroxylation is 1. The first kappa shape index (κ1) is 16.5. The standard InChI is InChI=1S/C17H16N2S.C2H6/c1-13-6-8-15(9-7-13)20-19-12-14-10-11-18-17-5-3-2-4-16(14)17;1-2/h2-11,19H,12H2,1H3;1-2H3. The average Bonchev–Trinajstić information content (AvgIpc) is 2.59. The van der Waals surface area contributed by atoms with Gasteiger partial charge in [-0.15, -0.1) is 0 Å². The molecule has 1 heterocycles. The monoisotopic (exact) mass is 310 g/mol. The Kier molecular flexibility index (Phi) is 6.44. The summed E-state index contributed by atoms with van der Waals surface area (Å²) in [6.07, 6.45) is 1.87. The lowest BCUT2D eigenvalue weighted by molar-refractivity contribution is 0.982. The Morgan fingerprint density at radius 3 is 2.45 bits per heavy atom. The van der Waals surface area contributed by atoms with Crippen LogP contribution in [0.4, 0.5) is 0 Å². The normalized spacial score (nSPS) is 10.1. The maximum Gasteiger partial charge on any atom is 0.0705 e. The van der Waals surface area contributed by atoms with Crippen LogP contribution < -0.4 is 4.72 Å². The number of hydrogen-bond acceptors (Lipinski definition) is 3. The lowest BCUT2D eigenvalue weighted by Crippen LogP contribution is -2.03. The van der Waals surface area contributed by atoms with Crippen LogP contribution in [0.5, 0.6) is 0 Å². The molecule has 2 nitrogen and oxygen atoms in total. The molecule has 0 aliphatic heterocycles. The van der Waals surface area contributed by atoms with Gasteiger partial charge in [0.15, 0.2) is 0 Å². The van der Waals surface area contributed by atoms with E-state index in [0.29, 0.717) is 0 Å². The zero-order chi connectivity index (χ0) is 15.8. The maximum absolute atomic E-state index is 4.38. The van der Waals surface area contributed by atoms with Gasteiger partial charge in [-0.2, -0.15) is 0 Å². The fourth-order valence-electron chi connectivity index (χ4n) is 2.11. The lowest BCUT2D eigenvalue weighted by atomic mass is 10.1. The van der Waals surface area contributed by atoms with Crippen molar-refractivity contribution < 1.29 is 0 Å². The van der Waals surface area contributed by atoms with Crippen molar-refractivity contribution in [2.75, 3.05) is 0 Å². The number of rotatable bonds is 4. The van der Waals surface area contributed by atoms with Gasteiger partial charge in [0.05, 0.1) is 5.52 Å². The van der Waals surface area contributed by atoms with Crippen molar-refractivity contribution in [3.05, 3.63) is 71.9 Å². The van der Waals surface area contributed by atoms with Crippen molar-refractivity contribution in [3.8, 4) is 0 Å². The summed E-state index contributed by atoms with van der Waals surface area (Å²) in [4.78, 5) is 5.61. The first-order valence-electron chi connectivity index (χ1n) is 7.62. The van der Waals surface area contributed by atoms with Gasteiger partial charge in [0.1, 0.15) is 0 Å². The van der Waals surface area contributed by atoms with Crippen molar-refractivity contribution in [3.63, 3.8) is 0 Å². The summed E-state index contributed by atoms with van der Waals surface area (Å²) in [5, 5.41) is 1.21. The molecule has 0 bridgehead atoms. The Balaban J connectivity index is 0.000000847. The second-order valence-corrected chi connectivity index (χ2v) is 5.69. The molecule has 3 heteroatoms. The van der Waals surface area contributed by atoms with E-state index in [-0.39, 0.29) is 0 Å². The van der Waals surface area contributed by atoms with Gasteiger partial charge in [-0.3, -0.25) is 9.71 Å². The molecule has 0 saturated heterocycles. The summed E-state index contributed by atoms with van der Waals surface area (Å²) < 4.78 is 3.42. The van der Waals surface area contributed by atoms with Gasteiger partial charge in [0, 0.05) is 23.0 Å². The molecular weight excluding hydrogens is 288 g/mol. The van der Waals surface area contributed by atoms with E-state index >= 15 is 0 Å². The molecule has 1 aromatic heterocycles. The Bertz CT molecular complexity index is 703. The highest BCUT2D eigenvalue weighted by Gasteiger charge is 2.01. The molecule has 22 heavy (non-hydrogen) atoms. The van der Waals surface area contributed by atoms with Gasteiger partial charge in [0.2, 0.25) is 0 Å². The fourth-order valence-corrected chi connectivity index (χ4v) is 2.78. The SMILES string of the molecule is CC.Cc1ccc(SNCc2ccnc3ccccc23)cc1. The second-order valence-electron chi connectivity index (χ2n) is 4.72. The smallest absolute Gasteiger partial charge is 0.0705 e. The van der Waals surface area contributed by atoms with Gasteiger partial charge in [0.25, 0.3) is 0 Å². The summed E-state index contributed by atoms with van der Waals surface area (Å²) in [5.41, 5.74) is 3.61. The van der Waals surface area contributed by atoms with Crippen molar-refractivity contribution in [1.29, 1.82) is 0 Å². The number of nitrogens with one attached hydrogen (secondary N) is 1. The maximum atomic E-state index is 4.38. The molecule has 0 radical (unpaired) electrons. The lowest BCUT2D eigenvalue weighted by Gasteiger charge is -2.07. The first-order chi connectivity index (χ1) is 10.8. The predicted octanol–water partition coefficient (Wildman–Crippen LogP) is 5.37. The minimum atomic E-state index is 0.821. The van der Waals surface area contributed by atoms with E-state index in [9.17, 15) is 0 Å². The van der Waals surface area contributed by atoms with Gasteiger partial charge in [-0.1, -0.05) is 49.7 Å². The quantitative estimate of drug-likeness (QED) is 0.656. The van der Waals surface area contributed by atoms with E-state index in [2.05, 4.69) is 59.1 Å². The Hall–Kier alpha value is -1.84. The minimum absolute atomic E-state index is 0.821. The van der Waals surface area contributed by atoms with Gasteiger partial charge < -0.3 is 0 Å². The van der Waals surface area contributed by atoms with Crippen LogP contribution in [-0.4, -0.2) is 4.98 Å². The number of fused-ring (bicyclic) bond motifs is 1. The number of aromatic nitrogens is 1. The molecule has 0 atom stereocenters. The topological polar surface area (TPSA) is 24.9 Å². The minimum Gasteiger partial charge on any atom is -0.256 e. The molecule has 0 fully saturated rings. The van der Waals surface area contributed by atoms with Crippen LogP contribution in [-0.2, 0) is 6.54 Å². The van der Waals surface area contributed by atoms with Crippen LogP contribution in [0.2, 0.25) is 0 Å². The summed E-state index contributed by atoms with van der Waals surface area (Å²) >= 11 is 1.66. The summed E-state index contributed by atoms with van der Waals surface area (Å²) in [6, 6.07) is 18.9. The van der Waals surface area contributed by atoms with Crippen molar-refractivity contribution >= 4 is 22.9 Å². The van der Waals surface area contributed by atoms with Crippen molar-refractivity contribution in [1.82, 2.24) is 9.71 Å². The third-order valence-electron chi connectivity index (χ3n) is 3.21. The van der Waals surface area contributed by atoms with Crippen LogP contribution in [0, 0.1) is 6.92 Å². The molecule has 3 aromatic rings. The molecule has 0 unspecified atom stereocenters. The average molecular weight is 310 g/mol.